The Morgan fingerprint density at radius 2 is 1.92 bits per heavy atom. The number of hydrogen-bond acceptors (Lipinski definition) is 3. The second-order valence-electron chi connectivity index (χ2n) is 8.01. The molecule has 3 N–H and O–H groups in total. The van der Waals surface area contributed by atoms with Crippen LogP contribution in [0.15, 0.2) is 35.3 Å². The number of piperidine rings is 1. The first-order valence-electron chi connectivity index (χ1n) is 10.0. The number of nitrogens with two attached hydrogens (primary N) is 1. The first-order chi connectivity index (χ1) is 12.6. The lowest BCUT2D eigenvalue weighted by Crippen LogP contribution is -2.53. The average Bonchev–Trinajstić information content (AvgIpc) is 2.68. The minimum Gasteiger partial charge on any atom is -0.381 e. The standard InChI is InChI=1S/C21H34N4O/c1-17-8-12-25(13-9-17)20(22)23-16-21(10-14-26-15-11-21)24-18(2)19-6-4-3-5-7-19/h3-7,17-18,24H,8-16H2,1-2H3,(H2,22,23). The average molecular weight is 359 g/mol. The molecule has 26 heavy (non-hydrogen) atoms. The number of guanidine groups is 1. The maximum absolute atomic E-state index is 6.33. The molecule has 1 aromatic carbocycles. The summed E-state index contributed by atoms with van der Waals surface area (Å²) in [4.78, 5) is 7.06. The highest BCUT2D eigenvalue weighted by atomic mass is 16.5. The van der Waals surface area contributed by atoms with Crippen molar-refractivity contribution >= 4 is 5.96 Å². The zero-order valence-electron chi connectivity index (χ0n) is 16.3. The molecule has 0 aromatic heterocycles. The van der Waals surface area contributed by atoms with Gasteiger partial charge in [0.15, 0.2) is 5.96 Å². The molecular weight excluding hydrogens is 324 g/mol. The van der Waals surface area contributed by atoms with Gasteiger partial charge in [0, 0.05) is 37.9 Å². The maximum atomic E-state index is 6.33. The van der Waals surface area contributed by atoms with Crippen LogP contribution in [0.2, 0.25) is 0 Å². The van der Waals surface area contributed by atoms with E-state index in [1.165, 1.54) is 18.4 Å². The van der Waals surface area contributed by atoms with E-state index in [1.807, 2.05) is 0 Å². The molecule has 0 saturated carbocycles. The van der Waals surface area contributed by atoms with E-state index in [0.717, 1.165) is 45.1 Å². The summed E-state index contributed by atoms with van der Waals surface area (Å²) in [5.74, 6) is 1.51. The summed E-state index contributed by atoms with van der Waals surface area (Å²) in [5, 5.41) is 3.85. The van der Waals surface area contributed by atoms with Crippen LogP contribution in [-0.2, 0) is 4.74 Å². The summed E-state index contributed by atoms with van der Waals surface area (Å²) < 4.78 is 5.62. The van der Waals surface area contributed by atoms with Crippen LogP contribution in [0.1, 0.15) is 51.1 Å². The molecule has 0 spiro atoms. The molecule has 2 fully saturated rings. The molecule has 1 atom stereocenters. The lowest BCUT2D eigenvalue weighted by atomic mass is 9.88. The molecule has 1 aromatic rings. The van der Waals surface area contributed by atoms with Crippen LogP contribution in [0.3, 0.4) is 0 Å². The Labute approximate surface area is 158 Å². The normalized spacial score (nSPS) is 23.0. The lowest BCUT2D eigenvalue weighted by molar-refractivity contribution is 0.0373. The number of hydrogen-bond donors (Lipinski definition) is 2. The Kier molecular flexibility index (Phi) is 6.54. The molecule has 0 radical (unpaired) electrons. The van der Waals surface area contributed by atoms with Crippen molar-refractivity contribution < 1.29 is 4.74 Å². The fourth-order valence-corrected chi connectivity index (χ4v) is 3.96. The van der Waals surface area contributed by atoms with E-state index in [4.69, 9.17) is 15.5 Å². The largest absolute Gasteiger partial charge is 0.381 e. The van der Waals surface area contributed by atoms with Gasteiger partial charge in [-0.05, 0) is 44.1 Å². The highest BCUT2D eigenvalue weighted by Crippen LogP contribution is 2.26. The van der Waals surface area contributed by atoms with Gasteiger partial charge in [-0.2, -0.15) is 0 Å². The van der Waals surface area contributed by atoms with Crippen LogP contribution in [0.4, 0.5) is 0 Å². The van der Waals surface area contributed by atoms with Gasteiger partial charge in [0.2, 0.25) is 0 Å². The van der Waals surface area contributed by atoms with Crippen molar-refractivity contribution in [1.82, 2.24) is 10.2 Å². The van der Waals surface area contributed by atoms with Crippen LogP contribution in [-0.4, -0.2) is 49.2 Å². The van der Waals surface area contributed by atoms with E-state index in [1.54, 1.807) is 0 Å². The third-order valence-electron chi connectivity index (χ3n) is 5.92. The van der Waals surface area contributed by atoms with Crippen LogP contribution < -0.4 is 11.1 Å². The summed E-state index contributed by atoms with van der Waals surface area (Å²) in [6.07, 6.45) is 4.35. The first-order valence-corrected chi connectivity index (χ1v) is 10.0. The van der Waals surface area contributed by atoms with Gasteiger partial charge in [-0.15, -0.1) is 0 Å². The van der Waals surface area contributed by atoms with E-state index in [2.05, 4.69) is 54.4 Å². The highest BCUT2D eigenvalue weighted by Gasteiger charge is 2.34. The Morgan fingerprint density at radius 3 is 2.58 bits per heavy atom. The predicted octanol–water partition coefficient (Wildman–Crippen LogP) is 2.93. The zero-order valence-corrected chi connectivity index (χ0v) is 16.3. The van der Waals surface area contributed by atoms with E-state index in [-0.39, 0.29) is 11.6 Å². The third-order valence-corrected chi connectivity index (χ3v) is 5.92. The number of nitrogens with one attached hydrogen (secondary N) is 1. The summed E-state index contributed by atoms with van der Waals surface area (Å²) in [6.45, 7) is 8.88. The SMILES string of the molecule is CC1CCN(C(N)=NCC2(NC(C)c3ccccc3)CCOCC2)CC1. The lowest BCUT2D eigenvalue weighted by Gasteiger charge is -2.40. The predicted molar refractivity (Wildman–Crippen MR) is 107 cm³/mol. The van der Waals surface area contributed by atoms with Gasteiger partial charge in [-0.1, -0.05) is 37.3 Å². The topological polar surface area (TPSA) is 62.9 Å². The van der Waals surface area contributed by atoms with Crippen LogP contribution >= 0.6 is 0 Å². The Balaban J connectivity index is 1.66. The molecule has 3 rings (SSSR count). The summed E-state index contributed by atoms with van der Waals surface area (Å²) in [5.41, 5.74) is 7.59. The molecule has 0 bridgehead atoms. The Morgan fingerprint density at radius 1 is 1.27 bits per heavy atom. The summed E-state index contributed by atoms with van der Waals surface area (Å²) in [7, 11) is 0. The van der Waals surface area contributed by atoms with Gasteiger partial charge in [0.1, 0.15) is 0 Å². The van der Waals surface area contributed by atoms with Gasteiger partial charge in [0.25, 0.3) is 0 Å². The number of likely N-dealkylation sites (tertiary alicyclic amines) is 1. The van der Waals surface area contributed by atoms with Crippen molar-refractivity contribution in [3.8, 4) is 0 Å². The Hall–Kier alpha value is -1.59. The molecule has 144 valence electrons. The first kappa shape index (κ1) is 19.2. The molecular formula is C21H34N4O. The fourth-order valence-electron chi connectivity index (χ4n) is 3.96. The van der Waals surface area contributed by atoms with Crippen molar-refractivity contribution in [2.75, 3.05) is 32.8 Å². The van der Waals surface area contributed by atoms with Gasteiger partial charge in [-0.25, -0.2) is 0 Å². The number of nitrogens with zero attached hydrogens (tertiary/aromatic N) is 2. The third kappa shape index (κ3) is 4.98. The van der Waals surface area contributed by atoms with Crippen molar-refractivity contribution in [3.63, 3.8) is 0 Å². The number of aliphatic imine (C=N–C) groups is 1. The van der Waals surface area contributed by atoms with Gasteiger partial charge < -0.3 is 20.7 Å². The fraction of sp³-hybridized carbons (Fsp3) is 0.667. The van der Waals surface area contributed by atoms with Crippen molar-refractivity contribution in [3.05, 3.63) is 35.9 Å². The van der Waals surface area contributed by atoms with Crippen molar-refractivity contribution in [2.45, 2.75) is 51.1 Å². The van der Waals surface area contributed by atoms with Crippen molar-refractivity contribution in [1.29, 1.82) is 0 Å². The van der Waals surface area contributed by atoms with E-state index < -0.39 is 0 Å². The molecule has 2 aliphatic rings. The molecule has 0 amide bonds. The second kappa shape index (κ2) is 8.87. The quantitative estimate of drug-likeness (QED) is 0.627. The molecule has 2 saturated heterocycles. The molecule has 1 unspecified atom stereocenters. The number of rotatable bonds is 5. The van der Waals surface area contributed by atoms with Gasteiger partial charge in [-0.3, -0.25) is 4.99 Å². The van der Waals surface area contributed by atoms with Crippen molar-refractivity contribution in [2.24, 2.45) is 16.6 Å². The molecule has 2 heterocycles. The van der Waals surface area contributed by atoms with Gasteiger partial charge >= 0.3 is 0 Å². The highest BCUT2D eigenvalue weighted by molar-refractivity contribution is 5.78. The zero-order chi connectivity index (χ0) is 18.4. The number of benzene rings is 1. The summed E-state index contributed by atoms with van der Waals surface area (Å²) in [6, 6.07) is 10.9. The van der Waals surface area contributed by atoms with Crippen LogP contribution in [0.25, 0.3) is 0 Å². The smallest absolute Gasteiger partial charge is 0.191 e. The monoisotopic (exact) mass is 358 g/mol. The molecule has 0 aliphatic carbocycles. The minimum atomic E-state index is -0.0405. The Bertz CT molecular complexity index is 575. The molecule has 5 nitrogen and oxygen atoms in total. The minimum absolute atomic E-state index is 0.0405. The maximum Gasteiger partial charge on any atom is 0.191 e. The molecule has 2 aliphatic heterocycles. The van der Waals surface area contributed by atoms with E-state index >= 15 is 0 Å². The van der Waals surface area contributed by atoms with E-state index in [9.17, 15) is 0 Å². The molecule has 5 heteroatoms. The van der Waals surface area contributed by atoms with E-state index in [0.29, 0.717) is 12.5 Å². The van der Waals surface area contributed by atoms with Crippen LogP contribution in [0.5, 0.6) is 0 Å². The van der Waals surface area contributed by atoms with Gasteiger partial charge in [0.05, 0.1) is 6.54 Å². The van der Waals surface area contributed by atoms with Crippen LogP contribution in [0, 0.1) is 5.92 Å². The number of ether oxygens (including phenoxy) is 1. The summed E-state index contributed by atoms with van der Waals surface area (Å²) >= 11 is 0. The second-order valence-corrected chi connectivity index (χ2v) is 8.01.